The Balaban J connectivity index is 1.94. The minimum atomic E-state index is 0.135. The molecule has 0 radical (unpaired) electrons. The lowest BCUT2D eigenvalue weighted by Crippen LogP contribution is -2.48. The minimum absolute atomic E-state index is 0.135. The molecule has 1 aliphatic rings. The van der Waals surface area contributed by atoms with Crippen LogP contribution in [0.1, 0.15) is 30.9 Å². The number of halogens is 1. The van der Waals surface area contributed by atoms with Gasteiger partial charge in [0.25, 0.3) is 0 Å². The molecule has 1 unspecified atom stereocenters. The van der Waals surface area contributed by atoms with Crippen molar-refractivity contribution in [2.24, 2.45) is 0 Å². The van der Waals surface area contributed by atoms with Crippen molar-refractivity contribution in [1.29, 1.82) is 0 Å². The predicted molar refractivity (Wildman–Crippen MR) is 74.2 cm³/mol. The average Bonchev–Trinajstić information content (AvgIpc) is 2.32. The minimum Gasteiger partial charge on any atom is -0.380 e. The summed E-state index contributed by atoms with van der Waals surface area (Å²) < 4.78 is 6.73. The van der Waals surface area contributed by atoms with Crippen molar-refractivity contribution < 1.29 is 4.74 Å². The van der Waals surface area contributed by atoms with Gasteiger partial charge in [0, 0.05) is 23.2 Å². The second-order valence-corrected chi connectivity index (χ2v) is 6.01. The summed E-state index contributed by atoms with van der Waals surface area (Å²) >= 11 is 3.57. The van der Waals surface area contributed by atoms with Crippen LogP contribution in [0.15, 0.2) is 22.7 Å². The Labute approximate surface area is 112 Å². The summed E-state index contributed by atoms with van der Waals surface area (Å²) in [6.45, 7) is 6.99. The van der Waals surface area contributed by atoms with E-state index >= 15 is 0 Å². The van der Waals surface area contributed by atoms with E-state index in [0.717, 1.165) is 26.2 Å². The lowest BCUT2D eigenvalue weighted by Gasteiger charge is -2.34. The van der Waals surface area contributed by atoms with Crippen LogP contribution in [-0.4, -0.2) is 18.8 Å². The molecule has 0 aliphatic carbocycles. The first kappa shape index (κ1) is 13.1. The van der Waals surface area contributed by atoms with Crippen molar-refractivity contribution in [1.82, 2.24) is 5.32 Å². The van der Waals surface area contributed by atoms with E-state index in [0.29, 0.717) is 0 Å². The molecule has 0 spiro atoms. The number of hydrogen-bond acceptors (Lipinski definition) is 2. The molecule has 1 N–H and O–H groups in total. The molecule has 0 bridgehead atoms. The fraction of sp³-hybridized carbons (Fsp3) is 0.571. The second kappa shape index (κ2) is 5.51. The monoisotopic (exact) mass is 297 g/mol. The zero-order valence-corrected chi connectivity index (χ0v) is 12.1. The Hall–Kier alpha value is -0.380. The summed E-state index contributed by atoms with van der Waals surface area (Å²) in [5, 5.41) is 3.62. The van der Waals surface area contributed by atoms with Gasteiger partial charge in [-0.05, 0) is 43.9 Å². The summed E-state index contributed by atoms with van der Waals surface area (Å²) in [6.07, 6.45) is 2.35. The van der Waals surface area contributed by atoms with Gasteiger partial charge in [0.05, 0.1) is 6.61 Å². The van der Waals surface area contributed by atoms with E-state index in [1.807, 2.05) is 0 Å². The number of ether oxygens (including phenoxy) is 1. The Morgan fingerprint density at radius 3 is 2.94 bits per heavy atom. The summed E-state index contributed by atoms with van der Waals surface area (Å²) in [4.78, 5) is 0. The molecule has 0 amide bonds. The van der Waals surface area contributed by atoms with Crippen LogP contribution >= 0.6 is 15.9 Å². The van der Waals surface area contributed by atoms with Crippen molar-refractivity contribution in [2.75, 3.05) is 13.2 Å². The fourth-order valence-corrected chi connectivity index (χ4v) is 2.56. The Morgan fingerprint density at radius 2 is 2.29 bits per heavy atom. The van der Waals surface area contributed by atoms with E-state index in [9.17, 15) is 0 Å². The smallest absolute Gasteiger partial charge is 0.0645 e. The highest BCUT2D eigenvalue weighted by molar-refractivity contribution is 9.10. The van der Waals surface area contributed by atoms with Crippen molar-refractivity contribution in [2.45, 2.75) is 38.8 Å². The third kappa shape index (κ3) is 3.54. The van der Waals surface area contributed by atoms with Crippen LogP contribution < -0.4 is 5.32 Å². The molecule has 1 atom stereocenters. The van der Waals surface area contributed by atoms with Crippen LogP contribution in [0, 0.1) is 6.92 Å². The third-order valence-electron chi connectivity index (χ3n) is 3.39. The third-order valence-corrected chi connectivity index (χ3v) is 4.25. The summed E-state index contributed by atoms with van der Waals surface area (Å²) in [7, 11) is 0. The highest BCUT2D eigenvalue weighted by Crippen LogP contribution is 2.21. The van der Waals surface area contributed by atoms with Crippen LogP contribution in [0.2, 0.25) is 0 Å². The molecule has 1 aliphatic heterocycles. The number of nitrogens with one attached hydrogen (secondary N) is 1. The van der Waals surface area contributed by atoms with Crippen LogP contribution in [-0.2, 0) is 11.3 Å². The molecule has 2 rings (SSSR count). The van der Waals surface area contributed by atoms with Gasteiger partial charge in [-0.15, -0.1) is 0 Å². The standard InChI is InChI=1S/C14H20BrNO/c1-11-4-5-12(8-13(11)15)9-16-14(2)6-3-7-17-10-14/h4-5,8,16H,3,6-7,9-10H2,1-2H3. The average molecular weight is 298 g/mol. The summed E-state index contributed by atoms with van der Waals surface area (Å²) in [5.74, 6) is 0. The SMILES string of the molecule is Cc1ccc(CNC2(C)CCCOC2)cc1Br. The molecule has 2 nitrogen and oxygen atoms in total. The Bertz CT molecular complexity index is 386. The van der Waals surface area contributed by atoms with Crippen LogP contribution in [0.5, 0.6) is 0 Å². The number of hydrogen-bond donors (Lipinski definition) is 1. The maximum Gasteiger partial charge on any atom is 0.0645 e. The number of rotatable bonds is 3. The lowest BCUT2D eigenvalue weighted by molar-refractivity contribution is 0.0278. The fourth-order valence-electron chi connectivity index (χ4n) is 2.14. The molecule has 17 heavy (non-hydrogen) atoms. The van der Waals surface area contributed by atoms with Crippen molar-refractivity contribution in [3.05, 3.63) is 33.8 Å². The van der Waals surface area contributed by atoms with Crippen LogP contribution in [0.4, 0.5) is 0 Å². The Morgan fingerprint density at radius 1 is 1.47 bits per heavy atom. The largest absolute Gasteiger partial charge is 0.380 e. The summed E-state index contributed by atoms with van der Waals surface area (Å²) in [5.41, 5.74) is 2.73. The molecule has 1 saturated heterocycles. The Kier molecular flexibility index (Phi) is 4.23. The number of benzene rings is 1. The molecule has 0 aromatic heterocycles. The van der Waals surface area contributed by atoms with Crippen molar-refractivity contribution >= 4 is 15.9 Å². The molecule has 1 fully saturated rings. The van der Waals surface area contributed by atoms with Crippen molar-refractivity contribution in [3.63, 3.8) is 0 Å². The van der Waals surface area contributed by atoms with E-state index in [-0.39, 0.29) is 5.54 Å². The van der Waals surface area contributed by atoms with Gasteiger partial charge in [-0.3, -0.25) is 0 Å². The van der Waals surface area contributed by atoms with Gasteiger partial charge in [0.2, 0.25) is 0 Å². The summed E-state index contributed by atoms with van der Waals surface area (Å²) in [6, 6.07) is 6.52. The lowest BCUT2D eigenvalue weighted by atomic mass is 9.94. The van der Waals surface area contributed by atoms with E-state index in [2.05, 4.69) is 53.3 Å². The van der Waals surface area contributed by atoms with Crippen LogP contribution in [0.3, 0.4) is 0 Å². The number of aryl methyl sites for hydroxylation is 1. The van der Waals surface area contributed by atoms with Gasteiger partial charge in [-0.25, -0.2) is 0 Å². The molecule has 1 heterocycles. The predicted octanol–water partition coefficient (Wildman–Crippen LogP) is 3.42. The van der Waals surface area contributed by atoms with E-state index < -0.39 is 0 Å². The molecular formula is C14H20BrNO. The zero-order chi connectivity index (χ0) is 12.3. The molecule has 3 heteroatoms. The van der Waals surface area contributed by atoms with Gasteiger partial charge < -0.3 is 10.1 Å². The highest BCUT2D eigenvalue weighted by Gasteiger charge is 2.26. The molecule has 1 aromatic rings. The van der Waals surface area contributed by atoms with Gasteiger partial charge in [0.15, 0.2) is 0 Å². The first-order valence-electron chi connectivity index (χ1n) is 6.17. The van der Waals surface area contributed by atoms with E-state index in [1.54, 1.807) is 0 Å². The second-order valence-electron chi connectivity index (χ2n) is 5.15. The molecule has 1 aromatic carbocycles. The van der Waals surface area contributed by atoms with E-state index in [1.165, 1.54) is 22.0 Å². The van der Waals surface area contributed by atoms with Gasteiger partial charge >= 0.3 is 0 Å². The topological polar surface area (TPSA) is 21.3 Å². The van der Waals surface area contributed by atoms with E-state index in [4.69, 9.17) is 4.74 Å². The molecular weight excluding hydrogens is 278 g/mol. The molecule has 0 saturated carbocycles. The van der Waals surface area contributed by atoms with Crippen molar-refractivity contribution in [3.8, 4) is 0 Å². The van der Waals surface area contributed by atoms with Gasteiger partial charge in [-0.2, -0.15) is 0 Å². The van der Waals surface area contributed by atoms with Crippen LogP contribution in [0.25, 0.3) is 0 Å². The first-order chi connectivity index (χ1) is 8.09. The maximum atomic E-state index is 5.54. The van der Waals surface area contributed by atoms with Gasteiger partial charge in [-0.1, -0.05) is 28.1 Å². The maximum absolute atomic E-state index is 5.54. The zero-order valence-electron chi connectivity index (χ0n) is 10.6. The first-order valence-corrected chi connectivity index (χ1v) is 6.96. The van der Waals surface area contributed by atoms with Gasteiger partial charge in [0.1, 0.15) is 0 Å². The quantitative estimate of drug-likeness (QED) is 0.923. The highest BCUT2D eigenvalue weighted by atomic mass is 79.9. The molecule has 94 valence electrons. The normalized spacial score (nSPS) is 24.9.